The number of amides is 1. The summed E-state index contributed by atoms with van der Waals surface area (Å²) in [5.41, 5.74) is 1.25. The Hall–Kier alpha value is -0.870. The number of nitrogens with one attached hydrogen (secondary N) is 1. The number of hydrogen-bond acceptors (Lipinski definition) is 3. The molecule has 0 aliphatic heterocycles. The predicted octanol–water partition coefficient (Wildman–Crippen LogP) is 2.45. The highest BCUT2D eigenvalue weighted by Gasteiger charge is 2.28. The van der Waals surface area contributed by atoms with E-state index in [9.17, 15) is 9.90 Å². The van der Waals surface area contributed by atoms with Crippen LogP contribution in [0.3, 0.4) is 0 Å². The van der Waals surface area contributed by atoms with E-state index < -0.39 is 0 Å². The SMILES string of the molecule is O=C(NCC1CCC(O)C1)C1CCCc2sccc21. The number of aliphatic hydroxyl groups is 1. The van der Waals surface area contributed by atoms with Gasteiger partial charge in [-0.2, -0.15) is 0 Å². The number of rotatable bonds is 3. The number of hydrogen-bond donors (Lipinski definition) is 2. The second kappa shape index (κ2) is 5.63. The molecule has 1 fully saturated rings. The molecule has 3 atom stereocenters. The van der Waals surface area contributed by atoms with Crippen LogP contribution in [0.2, 0.25) is 0 Å². The number of aliphatic hydroxyl groups excluding tert-OH is 1. The molecular weight excluding hydrogens is 258 g/mol. The molecule has 0 spiro atoms. The predicted molar refractivity (Wildman–Crippen MR) is 76.4 cm³/mol. The smallest absolute Gasteiger partial charge is 0.227 e. The molecule has 19 heavy (non-hydrogen) atoms. The topological polar surface area (TPSA) is 49.3 Å². The molecule has 0 bridgehead atoms. The van der Waals surface area contributed by atoms with E-state index >= 15 is 0 Å². The maximum atomic E-state index is 12.3. The van der Waals surface area contributed by atoms with Crippen molar-refractivity contribution in [3.8, 4) is 0 Å². The fraction of sp³-hybridized carbons (Fsp3) is 0.667. The summed E-state index contributed by atoms with van der Waals surface area (Å²) in [6.45, 7) is 0.728. The van der Waals surface area contributed by atoms with Crippen molar-refractivity contribution in [1.82, 2.24) is 5.32 Å². The molecule has 0 aromatic carbocycles. The molecule has 3 unspecified atom stereocenters. The molecule has 3 rings (SSSR count). The zero-order valence-corrected chi connectivity index (χ0v) is 11.9. The molecule has 1 aromatic heterocycles. The quantitative estimate of drug-likeness (QED) is 0.893. The van der Waals surface area contributed by atoms with Crippen LogP contribution in [-0.2, 0) is 11.2 Å². The third kappa shape index (κ3) is 2.84. The number of aryl methyl sites for hydroxylation is 1. The monoisotopic (exact) mass is 279 g/mol. The second-order valence-electron chi connectivity index (χ2n) is 5.82. The van der Waals surface area contributed by atoms with Crippen LogP contribution in [-0.4, -0.2) is 23.7 Å². The maximum Gasteiger partial charge on any atom is 0.227 e. The van der Waals surface area contributed by atoms with E-state index in [1.807, 2.05) is 0 Å². The first-order valence-corrected chi connectivity index (χ1v) is 8.14. The molecular formula is C15H21NO2S. The number of carbonyl (C=O) groups excluding carboxylic acids is 1. The number of thiophene rings is 1. The normalized spacial score (nSPS) is 30.1. The largest absolute Gasteiger partial charge is 0.393 e. The molecule has 1 heterocycles. The minimum absolute atomic E-state index is 0.0568. The zero-order chi connectivity index (χ0) is 13.2. The molecule has 1 saturated carbocycles. The highest BCUT2D eigenvalue weighted by Crippen LogP contribution is 2.35. The third-order valence-electron chi connectivity index (χ3n) is 4.45. The van der Waals surface area contributed by atoms with Crippen LogP contribution < -0.4 is 5.32 Å². The first-order chi connectivity index (χ1) is 9.24. The summed E-state index contributed by atoms with van der Waals surface area (Å²) in [7, 11) is 0. The first-order valence-electron chi connectivity index (χ1n) is 7.26. The van der Waals surface area contributed by atoms with Crippen molar-refractivity contribution >= 4 is 17.2 Å². The highest BCUT2D eigenvalue weighted by molar-refractivity contribution is 7.10. The van der Waals surface area contributed by atoms with Gasteiger partial charge >= 0.3 is 0 Å². The molecule has 2 N–H and O–H groups in total. The van der Waals surface area contributed by atoms with Gasteiger partial charge in [0.2, 0.25) is 5.91 Å². The van der Waals surface area contributed by atoms with Gasteiger partial charge in [-0.3, -0.25) is 4.79 Å². The lowest BCUT2D eigenvalue weighted by Gasteiger charge is -2.22. The van der Waals surface area contributed by atoms with Crippen LogP contribution in [0.25, 0.3) is 0 Å². The Bertz CT molecular complexity index is 457. The van der Waals surface area contributed by atoms with Crippen molar-refractivity contribution < 1.29 is 9.90 Å². The fourth-order valence-corrected chi connectivity index (χ4v) is 4.35. The Morgan fingerprint density at radius 3 is 3.11 bits per heavy atom. The van der Waals surface area contributed by atoms with Crippen molar-refractivity contribution in [2.75, 3.05) is 6.54 Å². The van der Waals surface area contributed by atoms with Crippen molar-refractivity contribution in [3.05, 3.63) is 21.9 Å². The minimum atomic E-state index is -0.153. The maximum absolute atomic E-state index is 12.3. The van der Waals surface area contributed by atoms with Gasteiger partial charge in [0, 0.05) is 11.4 Å². The molecule has 1 aromatic rings. The number of carbonyl (C=O) groups is 1. The van der Waals surface area contributed by atoms with E-state index in [-0.39, 0.29) is 17.9 Å². The summed E-state index contributed by atoms with van der Waals surface area (Å²) in [6.07, 6.45) is 5.84. The summed E-state index contributed by atoms with van der Waals surface area (Å²) in [4.78, 5) is 13.7. The van der Waals surface area contributed by atoms with Gasteiger partial charge in [-0.25, -0.2) is 0 Å². The van der Waals surface area contributed by atoms with Crippen LogP contribution in [0.15, 0.2) is 11.4 Å². The van der Waals surface area contributed by atoms with Crippen LogP contribution in [0, 0.1) is 5.92 Å². The zero-order valence-electron chi connectivity index (χ0n) is 11.1. The fourth-order valence-electron chi connectivity index (χ4n) is 3.36. The van der Waals surface area contributed by atoms with Gasteiger partial charge in [0.25, 0.3) is 0 Å². The summed E-state index contributed by atoms with van der Waals surface area (Å²) < 4.78 is 0. The Labute approximate surface area is 118 Å². The lowest BCUT2D eigenvalue weighted by molar-refractivity contribution is -0.123. The third-order valence-corrected chi connectivity index (χ3v) is 5.44. The summed E-state index contributed by atoms with van der Waals surface area (Å²) in [5.74, 6) is 0.701. The average Bonchev–Trinajstić information content (AvgIpc) is 3.03. The van der Waals surface area contributed by atoms with Crippen LogP contribution >= 0.6 is 11.3 Å². The molecule has 0 saturated heterocycles. The molecule has 3 nitrogen and oxygen atoms in total. The summed E-state index contributed by atoms with van der Waals surface area (Å²) in [6, 6.07) is 2.11. The van der Waals surface area contributed by atoms with Gasteiger partial charge in [-0.1, -0.05) is 0 Å². The van der Waals surface area contributed by atoms with Crippen LogP contribution in [0.4, 0.5) is 0 Å². The average molecular weight is 279 g/mol. The molecule has 2 aliphatic rings. The van der Waals surface area contributed by atoms with E-state index in [1.54, 1.807) is 11.3 Å². The van der Waals surface area contributed by atoms with Crippen molar-refractivity contribution in [2.45, 2.75) is 50.5 Å². The van der Waals surface area contributed by atoms with Gasteiger partial charge in [0.1, 0.15) is 0 Å². The molecule has 1 amide bonds. The van der Waals surface area contributed by atoms with E-state index in [0.717, 1.165) is 45.1 Å². The first kappa shape index (κ1) is 13.1. The van der Waals surface area contributed by atoms with E-state index in [1.165, 1.54) is 10.4 Å². The standard InChI is InChI=1S/C15H21NO2S/c17-11-5-4-10(8-11)9-16-15(18)13-2-1-3-14-12(13)6-7-19-14/h6-7,10-11,13,17H,1-5,8-9H2,(H,16,18). The molecule has 0 radical (unpaired) electrons. The van der Waals surface area contributed by atoms with E-state index in [4.69, 9.17) is 0 Å². The van der Waals surface area contributed by atoms with Gasteiger partial charge in [0.15, 0.2) is 0 Å². The number of fused-ring (bicyclic) bond motifs is 1. The lowest BCUT2D eigenvalue weighted by atomic mass is 9.87. The van der Waals surface area contributed by atoms with Gasteiger partial charge < -0.3 is 10.4 Å². The molecule has 104 valence electrons. The molecule has 2 aliphatic carbocycles. The Kier molecular flexibility index (Phi) is 3.89. The van der Waals surface area contributed by atoms with E-state index in [2.05, 4.69) is 16.8 Å². The van der Waals surface area contributed by atoms with E-state index in [0.29, 0.717) is 5.92 Å². The minimum Gasteiger partial charge on any atom is -0.393 e. The van der Waals surface area contributed by atoms with Crippen LogP contribution in [0.1, 0.15) is 48.5 Å². The highest BCUT2D eigenvalue weighted by atomic mass is 32.1. The van der Waals surface area contributed by atoms with Gasteiger partial charge in [-0.15, -0.1) is 11.3 Å². The summed E-state index contributed by atoms with van der Waals surface area (Å²) >= 11 is 1.78. The Morgan fingerprint density at radius 2 is 2.32 bits per heavy atom. The van der Waals surface area contributed by atoms with Gasteiger partial charge in [0.05, 0.1) is 12.0 Å². The van der Waals surface area contributed by atoms with Crippen molar-refractivity contribution in [2.24, 2.45) is 5.92 Å². The van der Waals surface area contributed by atoms with Crippen LogP contribution in [0.5, 0.6) is 0 Å². The van der Waals surface area contributed by atoms with Crippen molar-refractivity contribution in [3.63, 3.8) is 0 Å². The molecule has 4 heteroatoms. The Balaban J connectivity index is 1.57. The Morgan fingerprint density at radius 1 is 1.42 bits per heavy atom. The van der Waals surface area contributed by atoms with Crippen molar-refractivity contribution in [1.29, 1.82) is 0 Å². The summed E-state index contributed by atoms with van der Waals surface area (Å²) in [5, 5.41) is 14.7. The second-order valence-corrected chi connectivity index (χ2v) is 6.82. The lowest BCUT2D eigenvalue weighted by Crippen LogP contribution is -2.34. The van der Waals surface area contributed by atoms with Gasteiger partial charge in [-0.05, 0) is 61.5 Å².